The minimum atomic E-state index is -0.0424. The molecule has 0 saturated carbocycles. The second-order valence-electron chi connectivity index (χ2n) is 7.14. The van der Waals surface area contributed by atoms with Crippen LogP contribution < -0.4 is 5.32 Å². The van der Waals surface area contributed by atoms with Crippen molar-refractivity contribution in [2.24, 2.45) is 0 Å². The van der Waals surface area contributed by atoms with E-state index in [-0.39, 0.29) is 11.5 Å². The molecule has 1 saturated heterocycles. The monoisotopic (exact) mass is 360 g/mol. The highest BCUT2D eigenvalue weighted by Gasteiger charge is 2.32. The van der Waals surface area contributed by atoms with Gasteiger partial charge in [0.05, 0.1) is 11.1 Å². The highest BCUT2D eigenvalue weighted by molar-refractivity contribution is 6.27. The van der Waals surface area contributed by atoms with Crippen LogP contribution in [0.3, 0.4) is 0 Å². The van der Waals surface area contributed by atoms with E-state index in [0.29, 0.717) is 22.5 Å². The second-order valence-corrected chi connectivity index (χ2v) is 7.14. The Morgan fingerprint density at radius 3 is 2.81 bits per heavy atom. The van der Waals surface area contributed by atoms with Gasteiger partial charge in [-0.3, -0.25) is 9.78 Å². The average molecular weight is 360 g/mol. The number of likely N-dealkylation sites (tertiary alicyclic amines) is 1. The van der Waals surface area contributed by atoms with Crippen molar-refractivity contribution in [2.45, 2.75) is 12.8 Å². The Kier molecular flexibility index (Phi) is 3.79. The molecule has 1 fully saturated rings. The van der Waals surface area contributed by atoms with Crippen LogP contribution in [0.15, 0.2) is 36.7 Å². The van der Waals surface area contributed by atoms with Gasteiger partial charge in [0, 0.05) is 48.1 Å². The van der Waals surface area contributed by atoms with Crippen molar-refractivity contribution in [3.63, 3.8) is 0 Å². The lowest BCUT2D eigenvalue weighted by Crippen LogP contribution is -2.26. The molecule has 0 unspecified atom stereocenters. The quantitative estimate of drug-likeness (QED) is 0.582. The molecule has 1 aromatic carbocycles. The molecule has 1 aliphatic heterocycles. The summed E-state index contributed by atoms with van der Waals surface area (Å²) in [5.74, 6) is 0.708. The number of anilines is 1. The summed E-state index contributed by atoms with van der Waals surface area (Å²) in [6.45, 7) is 3.92. The fourth-order valence-corrected chi connectivity index (χ4v) is 4.15. The van der Waals surface area contributed by atoms with E-state index in [9.17, 15) is 9.90 Å². The maximum absolute atomic E-state index is 13.1. The number of carbonyl (C=O) groups excluding carboxylic acids is 1. The predicted octanol–water partition coefficient (Wildman–Crippen LogP) is 3.05. The zero-order valence-electron chi connectivity index (χ0n) is 14.9. The van der Waals surface area contributed by atoms with Gasteiger partial charge in [-0.05, 0) is 49.7 Å². The van der Waals surface area contributed by atoms with E-state index < -0.39 is 0 Å². The Morgan fingerprint density at radius 2 is 1.96 bits per heavy atom. The van der Waals surface area contributed by atoms with Crippen molar-refractivity contribution in [1.29, 1.82) is 0 Å². The summed E-state index contributed by atoms with van der Waals surface area (Å²) >= 11 is 0. The van der Waals surface area contributed by atoms with Crippen molar-refractivity contribution >= 4 is 22.5 Å². The summed E-state index contributed by atoms with van der Waals surface area (Å²) in [4.78, 5) is 24.3. The SMILES string of the molecule is O=C1c2cnccc2-c2c1c(NCCN1CCCC1)nc1cc(O)ccc21. The number of benzene rings is 1. The lowest BCUT2D eigenvalue weighted by molar-refractivity contribution is 0.104. The van der Waals surface area contributed by atoms with Crippen LogP contribution in [0.1, 0.15) is 28.8 Å². The number of nitrogens with zero attached hydrogens (tertiary/aromatic N) is 3. The van der Waals surface area contributed by atoms with Gasteiger partial charge in [0.1, 0.15) is 11.6 Å². The first kappa shape index (κ1) is 16.2. The van der Waals surface area contributed by atoms with Crippen LogP contribution in [-0.2, 0) is 0 Å². The van der Waals surface area contributed by atoms with E-state index in [2.05, 4.69) is 20.2 Å². The van der Waals surface area contributed by atoms with Crippen LogP contribution in [0, 0.1) is 0 Å². The molecule has 0 atom stereocenters. The number of aromatic nitrogens is 2. The van der Waals surface area contributed by atoms with E-state index >= 15 is 0 Å². The summed E-state index contributed by atoms with van der Waals surface area (Å²) < 4.78 is 0. The number of nitrogens with one attached hydrogen (secondary N) is 1. The fourth-order valence-electron chi connectivity index (χ4n) is 4.15. The molecule has 5 rings (SSSR count). The number of fused-ring (bicyclic) bond motifs is 5. The minimum absolute atomic E-state index is 0.0424. The summed E-state index contributed by atoms with van der Waals surface area (Å²) in [6.07, 6.45) is 5.83. The number of phenols is 1. The van der Waals surface area contributed by atoms with Crippen LogP contribution in [-0.4, -0.2) is 51.9 Å². The highest BCUT2D eigenvalue weighted by atomic mass is 16.3. The van der Waals surface area contributed by atoms with Gasteiger partial charge in [-0.2, -0.15) is 0 Å². The number of hydrogen-bond acceptors (Lipinski definition) is 6. The number of pyridine rings is 2. The largest absolute Gasteiger partial charge is 0.508 e. The van der Waals surface area contributed by atoms with Crippen molar-refractivity contribution in [3.8, 4) is 16.9 Å². The van der Waals surface area contributed by atoms with E-state index in [1.165, 1.54) is 12.8 Å². The third-order valence-electron chi connectivity index (χ3n) is 5.45. The molecule has 27 heavy (non-hydrogen) atoms. The zero-order valence-corrected chi connectivity index (χ0v) is 14.9. The van der Waals surface area contributed by atoms with Crippen molar-refractivity contribution in [1.82, 2.24) is 14.9 Å². The molecule has 0 radical (unpaired) electrons. The van der Waals surface area contributed by atoms with E-state index in [1.807, 2.05) is 12.1 Å². The van der Waals surface area contributed by atoms with E-state index in [4.69, 9.17) is 0 Å². The first-order valence-corrected chi connectivity index (χ1v) is 9.34. The zero-order chi connectivity index (χ0) is 18.4. The van der Waals surface area contributed by atoms with Gasteiger partial charge < -0.3 is 15.3 Å². The molecule has 6 heteroatoms. The topological polar surface area (TPSA) is 78.4 Å². The first-order valence-electron chi connectivity index (χ1n) is 9.34. The van der Waals surface area contributed by atoms with Gasteiger partial charge in [0.2, 0.25) is 0 Å². The molecule has 2 aromatic heterocycles. The van der Waals surface area contributed by atoms with Crippen molar-refractivity contribution in [2.75, 3.05) is 31.5 Å². The number of hydrogen-bond donors (Lipinski definition) is 2. The Hall–Kier alpha value is -2.99. The van der Waals surface area contributed by atoms with Gasteiger partial charge in [0.25, 0.3) is 0 Å². The standard InChI is InChI=1S/C21H20N4O2/c26-13-3-4-15-17(11-13)24-21(23-7-10-25-8-1-2-9-25)19-18(15)14-5-6-22-12-16(14)20(19)27/h3-6,11-12,26H,1-2,7-10H2,(H,23,24). The molecule has 1 aliphatic carbocycles. The Bertz CT molecular complexity index is 1060. The molecule has 3 aromatic rings. The number of aromatic hydroxyl groups is 1. The minimum Gasteiger partial charge on any atom is -0.508 e. The number of ketones is 1. The highest BCUT2D eigenvalue weighted by Crippen LogP contribution is 2.43. The molecular weight excluding hydrogens is 340 g/mol. The Balaban J connectivity index is 1.60. The molecule has 136 valence electrons. The molecule has 0 bridgehead atoms. The summed E-state index contributed by atoms with van der Waals surface area (Å²) in [5.41, 5.74) is 3.65. The number of phenolic OH excluding ortho intramolecular Hbond substituents is 1. The van der Waals surface area contributed by atoms with Crippen LogP contribution in [0.4, 0.5) is 5.82 Å². The van der Waals surface area contributed by atoms with Crippen LogP contribution in [0.2, 0.25) is 0 Å². The molecule has 0 spiro atoms. The molecule has 6 nitrogen and oxygen atoms in total. The van der Waals surface area contributed by atoms with E-state index in [1.54, 1.807) is 24.5 Å². The number of rotatable bonds is 4. The van der Waals surface area contributed by atoms with Gasteiger partial charge in [-0.15, -0.1) is 0 Å². The first-order chi connectivity index (χ1) is 13.2. The van der Waals surface area contributed by atoms with Gasteiger partial charge >= 0.3 is 0 Å². The molecule has 3 heterocycles. The second kappa shape index (κ2) is 6.32. The third-order valence-corrected chi connectivity index (χ3v) is 5.45. The lowest BCUT2D eigenvalue weighted by atomic mass is 10.0. The average Bonchev–Trinajstić information content (AvgIpc) is 3.29. The smallest absolute Gasteiger partial charge is 0.199 e. The van der Waals surface area contributed by atoms with E-state index in [0.717, 1.165) is 42.7 Å². The summed E-state index contributed by atoms with van der Waals surface area (Å²) in [5, 5.41) is 14.1. The maximum atomic E-state index is 13.1. The predicted molar refractivity (Wildman–Crippen MR) is 104 cm³/mol. The lowest BCUT2D eigenvalue weighted by Gasteiger charge is -2.17. The fraction of sp³-hybridized carbons (Fsp3) is 0.286. The van der Waals surface area contributed by atoms with Gasteiger partial charge in [-0.25, -0.2) is 4.98 Å². The molecular formula is C21H20N4O2. The van der Waals surface area contributed by atoms with Crippen LogP contribution in [0.25, 0.3) is 22.0 Å². The molecule has 2 aliphatic rings. The molecule has 0 amide bonds. The Morgan fingerprint density at radius 1 is 1.11 bits per heavy atom. The van der Waals surface area contributed by atoms with Crippen molar-refractivity contribution < 1.29 is 9.90 Å². The summed E-state index contributed by atoms with van der Waals surface area (Å²) in [7, 11) is 0. The third kappa shape index (κ3) is 2.64. The summed E-state index contributed by atoms with van der Waals surface area (Å²) in [6, 6.07) is 6.98. The maximum Gasteiger partial charge on any atom is 0.199 e. The normalized spacial score (nSPS) is 15.9. The number of carbonyl (C=O) groups is 1. The van der Waals surface area contributed by atoms with Crippen LogP contribution >= 0.6 is 0 Å². The molecule has 2 N–H and O–H groups in total. The van der Waals surface area contributed by atoms with Crippen molar-refractivity contribution in [3.05, 3.63) is 47.8 Å². The van der Waals surface area contributed by atoms with Crippen LogP contribution in [0.5, 0.6) is 5.75 Å². The Labute approximate surface area is 156 Å². The van der Waals surface area contributed by atoms with Gasteiger partial charge in [0.15, 0.2) is 5.78 Å². The van der Waals surface area contributed by atoms with Gasteiger partial charge in [-0.1, -0.05) is 0 Å².